The Morgan fingerprint density at radius 2 is 1.87 bits per heavy atom. The SMILES string of the molecule is COC(=O)c1ccc(COC(=O)/C=C/c2cccc(Cl)c2)cc1. The molecule has 118 valence electrons. The van der Waals surface area contributed by atoms with Crippen LogP contribution >= 0.6 is 11.6 Å². The van der Waals surface area contributed by atoms with E-state index in [1.807, 2.05) is 6.07 Å². The molecule has 0 aliphatic carbocycles. The van der Waals surface area contributed by atoms with E-state index in [9.17, 15) is 9.59 Å². The third kappa shape index (κ3) is 5.27. The Balaban J connectivity index is 1.88. The lowest BCUT2D eigenvalue weighted by Gasteiger charge is -2.04. The molecule has 23 heavy (non-hydrogen) atoms. The molecule has 0 bridgehead atoms. The van der Waals surface area contributed by atoms with Crippen molar-refractivity contribution in [2.75, 3.05) is 7.11 Å². The third-order valence-electron chi connectivity index (χ3n) is 3.02. The van der Waals surface area contributed by atoms with Gasteiger partial charge in [-0.2, -0.15) is 0 Å². The van der Waals surface area contributed by atoms with E-state index in [1.165, 1.54) is 13.2 Å². The van der Waals surface area contributed by atoms with Crippen LogP contribution in [-0.4, -0.2) is 19.0 Å². The summed E-state index contributed by atoms with van der Waals surface area (Å²) in [6.07, 6.45) is 2.98. The summed E-state index contributed by atoms with van der Waals surface area (Å²) < 4.78 is 9.75. The van der Waals surface area contributed by atoms with Crippen LogP contribution in [0.3, 0.4) is 0 Å². The molecule has 2 rings (SSSR count). The summed E-state index contributed by atoms with van der Waals surface area (Å²) in [5, 5.41) is 0.603. The molecule has 0 N–H and O–H groups in total. The molecule has 0 saturated carbocycles. The number of ether oxygens (including phenoxy) is 2. The van der Waals surface area contributed by atoms with Gasteiger partial charge in [-0.05, 0) is 41.5 Å². The molecular weight excluding hydrogens is 316 g/mol. The number of hydrogen-bond donors (Lipinski definition) is 0. The van der Waals surface area contributed by atoms with Gasteiger partial charge in [0.2, 0.25) is 0 Å². The number of rotatable bonds is 5. The van der Waals surface area contributed by atoms with E-state index in [1.54, 1.807) is 48.5 Å². The van der Waals surface area contributed by atoms with E-state index < -0.39 is 11.9 Å². The maximum absolute atomic E-state index is 11.7. The Bertz CT molecular complexity index is 720. The minimum atomic E-state index is -0.456. The van der Waals surface area contributed by atoms with Crippen LogP contribution in [0.25, 0.3) is 6.08 Å². The summed E-state index contributed by atoms with van der Waals surface area (Å²) in [6, 6.07) is 13.8. The van der Waals surface area contributed by atoms with Gasteiger partial charge in [-0.15, -0.1) is 0 Å². The molecule has 0 aliphatic heterocycles. The Labute approximate surface area is 139 Å². The second-order valence-electron chi connectivity index (χ2n) is 4.68. The number of hydrogen-bond acceptors (Lipinski definition) is 4. The van der Waals surface area contributed by atoms with Crippen molar-refractivity contribution in [1.29, 1.82) is 0 Å². The number of esters is 2. The zero-order valence-corrected chi connectivity index (χ0v) is 13.2. The highest BCUT2D eigenvalue weighted by molar-refractivity contribution is 6.30. The number of carbonyl (C=O) groups excluding carboxylic acids is 2. The van der Waals surface area contributed by atoms with Crippen molar-refractivity contribution >= 4 is 29.6 Å². The third-order valence-corrected chi connectivity index (χ3v) is 3.25. The summed E-state index contributed by atoms with van der Waals surface area (Å²) in [7, 11) is 1.32. The van der Waals surface area contributed by atoms with E-state index in [4.69, 9.17) is 16.3 Å². The lowest BCUT2D eigenvalue weighted by atomic mass is 10.1. The van der Waals surface area contributed by atoms with Crippen molar-refractivity contribution in [3.05, 3.63) is 76.3 Å². The number of carbonyl (C=O) groups is 2. The quantitative estimate of drug-likeness (QED) is 0.616. The van der Waals surface area contributed by atoms with Gasteiger partial charge in [0.25, 0.3) is 0 Å². The summed E-state index contributed by atoms with van der Waals surface area (Å²) >= 11 is 5.86. The second-order valence-corrected chi connectivity index (χ2v) is 5.12. The van der Waals surface area contributed by atoms with Crippen molar-refractivity contribution in [3.63, 3.8) is 0 Å². The first-order valence-corrected chi connectivity index (χ1v) is 7.24. The Morgan fingerprint density at radius 1 is 1.13 bits per heavy atom. The lowest BCUT2D eigenvalue weighted by molar-refractivity contribution is -0.138. The van der Waals surface area contributed by atoms with Crippen LogP contribution in [0, 0.1) is 0 Å². The fourth-order valence-electron chi connectivity index (χ4n) is 1.83. The molecule has 0 unspecified atom stereocenters. The van der Waals surface area contributed by atoms with Crippen LogP contribution in [0.5, 0.6) is 0 Å². The van der Waals surface area contributed by atoms with Gasteiger partial charge in [0, 0.05) is 11.1 Å². The van der Waals surface area contributed by atoms with Crippen LogP contribution in [0.15, 0.2) is 54.6 Å². The lowest BCUT2D eigenvalue weighted by Crippen LogP contribution is -2.03. The molecule has 0 aliphatic rings. The first kappa shape index (κ1) is 16.8. The maximum Gasteiger partial charge on any atom is 0.337 e. The fraction of sp³-hybridized carbons (Fsp3) is 0.111. The standard InChI is InChI=1S/C18H15ClO4/c1-22-18(21)15-8-5-14(6-9-15)12-23-17(20)10-7-13-3-2-4-16(19)11-13/h2-11H,12H2,1H3/b10-7+. The fourth-order valence-corrected chi connectivity index (χ4v) is 2.03. The molecule has 0 fully saturated rings. The highest BCUT2D eigenvalue weighted by atomic mass is 35.5. The Hall–Kier alpha value is -2.59. The number of methoxy groups -OCH3 is 1. The summed E-state index contributed by atoms with van der Waals surface area (Å²) in [6.45, 7) is 0.125. The Morgan fingerprint density at radius 3 is 2.52 bits per heavy atom. The van der Waals surface area contributed by atoms with Gasteiger partial charge in [0.05, 0.1) is 12.7 Å². The molecule has 0 atom stereocenters. The molecule has 0 saturated heterocycles. The van der Waals surface area contributed by atoms with E-state index in [2.05, 4.69) is 4.74 Å². The number of benzene rings is 2. The predicted molar refractivity (Wildman–Crippen MR) is 88.1 cm³/mol. The zero-order chi connectivity index (χ0) is 16.7. The van der Waals surface area contributed by atoms with Crippen LogP contribution in [-0.2, 0) is 20.9 Å². The Kier molecular flexibility index (Phi) is 5.94. The van der Waals surface area contributed by atoms with Gasteiger partial charge in [0.1, 0.15) is 6.61 Å². The van der Waals surface area contributed by atoms with E-state index in [0.29, 0.717) is 10.6 Å². The molecule has 0 radical (unpaired) electrons. The maximum atomic E-state index is 11.7. The zero-order valence-electron chi connectivity index (χ0n) is 12.5. The minimum Gasteiger partial charge on any atom is -0.465 e. The highest BCUT2D eigenvalue weighted by Crippen LogP contribution is 2.12. The molecule has 4 nitrogen and oxygen atoms in total. The van der Waals surface area contributed by atoms with Crippen LogP contribution in [0.2, 0.25) is 5.02 Å². The van der Waals surface area contributed by atoms with Crippen molar-refractivity contribution < 1.29 is 19.1 Å². The van der Waals surface area contributed by atoms with Crippen LogP contribution < -0.4 is 0 Å². The van der Waals surface area contributed by atoms with E-state index >= 15 is 0 Å². The van der Waals surface area contributed by atoms with Gasteiger partial charge in [-0.25, -0.2) is 9.59 Å². The van der Waals surface area contributed by atoms with E-state index in [-0.39, 0.29) is 6.61 Å². The molecular formula is C18H15ClO4. The molecule has 5 heteroatoms. The van der Waals surface area contributed by atoms with E-state index in [0.717, 1.165) is 11.1 Å². The molecule has 0 heterocycles. The predicted octanol–water partition coefficient (Wildman–Crippen LogP) is 3.88. The normalized spacial score (nSPS) is 10.5. The van der Waals surface area contributed by atoms with Gasteiger partial charge >= 0.3 is 11.9 Å². The topological polar surface area (TPSA) is 52.6 Å². The molecule has 2 aromatic carbocycles. The second kappa shape index (κ2) is 8.15. The molecule has 0 amide bonds. The van der Waals surface area contributed by atoms with Crippen molar-refractivity contribution in [1.82, 2.24) is 0 Å². The summed E-state index contributed by atoms with van der Waals surface area (Å²) in [5.74, 6) is -0.861. The monoisotopic (exact) mass is 330 g/mol. The number of halogens is 1. The minimum absolute atomic E-state index is 0.125. The van der Waals surface area contributed by atoms with Crippen molar-refractivity contribution in [2.45, 2.75) is 6.61 Å². The molecule has 0 aromatic heterocycles. The van der Waals surface area contributed by atoms with Gasteiger partial charge in [-0.3, -0.25) is 0 Å². The van der Waals surface area contributed by atoms with Crippen LogP contribution in [0.4, 0.5) is 0 Å². The highest BCUT2D eigenvalue weighted by Gasteiger charge is 2.05. The summed E-state index contributed by atoms with van der Waals surface area (Å²) in [5.41, 5.74) is 2.04. The van der Waals surface area contributed by atoms with Crippen LogP contribution in [0.1, 0.15) is 21.5 Å². The first-order valence-electron chi connectivity index (χ1n) is 6.86. The molecule has 0 spiro atoms. The smallest absolute Gasteiger partial charge is 0.337 e. The van der Waals surface area contributed by atoms with Gasteiger partial charge in [-0.1, -0.05) is 35.9 Å². The molecule has 2 aromatic rings. The summed E-state index contributed by atoms with van der Waals surface area (Å²) in [4.78, 5) is 23.0. The van der Waals surface area contributed by atoms with Gasteiger partial charge < -0.3 is 9.47 Å². The first-order chi connectivity index (χ1) is 11.1. The average Bonchev–Trinajstić information content (AvgIpc) is 2.58. The van der Waals surface area contributed by atoms with Crippen molar-refractivity contribution in [2.24, 2.45) is 0 Å². The van der Waals surface area contributed by atoms with Gasteiger partial charge in [0.15, 0.2) is 0 Å². The largest absolute Gasteiger partial charge is 0.465 e. The van der Waals surface area contributed by atoms with Crippen molar-refractivity contribution in [3.8, 4) is 0 Å². The average molecular weight is 331 g/mol.